The molecule has 0 bridgehead atoms. The van der Waals surface area contributed by atoms with Gasteiger partial charge in [-0.2, -0.15) is 23.0 Å². The van der Waals surface area contributed by atoms with Crippen molar-refractivity contribution in [2.24, 2.45) is 0 Å². The average Bonchev–Trinajstić information content (AvgIpc) is 2.59. The summed E-state index contributed by atoms with van der Waals surface area (Å²) in [4.78, 5) is 16.1. The molecule has 2 rings (SSSR count). The summed E-state index contributed by atoms with van der Waals surface area (Å²) in [5.41, 5.74) is -0.333. The van der Waals surface area contributed by atoms with Crippen LogP contribution in [0.5, 0.6) is 5.75 Å². The summed E-state index contributed by atoms with van der Waals surface area (Å²) in [6.45, 7) is 1.67. The Morgan fingerprint density at radius 2 is 2.11 bits per heavy atom. The van der Waals surface area contributed by atoms with Gasteiger partial charge in [-0.05, 0) is 47.2 Å². The van der Waals surface area contributed by atoms with Crippen LogP contribution in [-0.2, 0) is 17.2 Å². The molecule has 0 fully saturated rings. The summed E-state index contributed by atoms with van der Waals surface area (Å²) in [5, 5.41) is 2.26. The molecule has 0 radical (unpaired) electrons. The number of aryl methyl sites for hydroxylation is 1. The Hall–Kier alpha value is -1.96. The number of rotatable bonds is 7. The minimum atomic E-state index is -4.66. The molecule has 2 aromatic rings. The first kappa shape index (κ1) is 21.3. The van der Waals surface area contributed by atoms with Crippen LogP contribution in [0.25, 0.3) is 0 Å². The third-order valence-electron chi connectivity index (χ3n) is 3.81. The maximum atomic E-state index is 13.1. The van der Waals surface area contributed by atoms with Crippen molar-refractivity contribution in [3.05, 3.63) is 40.8 Å². The van der Waals surface area contributed by atoms with Crippen molar-refractivity contribution in [3.8, 4) is 5.75 Å². The van der Waals surface area contributed by atoms with E-state index < -0.39 is 25.6 Å². The number of halogens is 4. The molecule has 1 aromatic heterocycles. The van der Waals surface area contributed by atoms with Gasteiger partial charge in [-0.15, -0.1) is 0 Å². The zero-order valence-corrected chi connectivity index (χ0v) is 16.1. The first-order valence-corrected chi connectivity index (χ1v) is 9.46. The summed E-state index contributed by atoms with van der Waals surface area (Å²) < 4.78 is 55.7. The van der Waals surface area contributed by atoms with E-state index in [0.717, 1.165) is 5.56 Å². The quantitative estimate of drug-likeness (QED) is 0.485. The highest BCUT2D eigenvalue weighted by Gasteiger charge is 2.35. The van der Waals surface area contributed by atoms with E-state index in [9.17, 15) is 17.7 Å². The fraction of sp³-hybridized carbons (Fsp3) is 0.375. The largest absolute Gasteiger partial charge is 0.508 e. The van der Waals surface area contributed by atoms with Gasteiger partial charge in [0.05, 0.1) is 12.8 Å². The first-order chi connectivity index (χ1) is 12.6. The van der Waals surface area contributed by atoms with Gasteiger partial charge in [0.15, 0.2) is 5.66 Å². The van der Waals surface area contributed by atoms with E-state index in [0.29, 0.717) is 24.8 Å². The topological polar surface area (TPSA) is 84.3 Å². The van der Waals surface area contributed by atoms with E-state index in [1.807, 2.05) is 0 Å². The fourth-order valence-corrected chi connectivity index (χ4v) is 2.75. The molecule has 1 aromatic carbocycles. The molecule has 11 heteroatoms. The van der Waals surface area contributed by atoms with Gasteiger partial charge in [0.1, 0.15) is 17.1 Å². The molecule has 6 nitrogen and oxygen atoms in total. The normalized spacial score (nSPS) is 13.2. The molecule has 27 heavy (non-hydrogen) atoms. The number of aromatic nitrogens is 2. The Balaban J connectivity index is 2.27. The number of hydrogen-bond donors (Lipinski definition) is 2. The smallest absolute Gasteiger partial charge is 0.495 e. The van der Waals surface area contributed by atoms with Crippen LogP contribution in [0.1, 0.15) is 24.5 Å². The zero-order chi connectivity index (χ0) is 20.2. The molecule has 0 aliphatic carbocycles. The van der Waals surface area contributed by atoms with Gasteiger partial charge < -0.3 is 10.1 Å². The number of nitrogens with one attached hydrogen (secondary N) is 1. The number of anilines is 2. The zero-order valence-electron chi connectivity index (χ0n) is 14.4. The number of nitrogens with zero attached hydrogens (tertiary/aromatic N) is 2. The van der Waals surface area contributed by atoms with E-state index in [1.54, 1.807) is 25.1 Å². The molecule has 2 unspecified atom stereocenters. The third kappa shape index (κ3) is 5.76. The Morgan fingerprint density at radius 1 is 1.41 bits per heavy atom. The average molecular weight is 423 g/mol. The molecule has 2 N–H and O–H groups in total. The lowest BCUT2D eigenvalue weighted by molar-refractivity contribution is -0.137. The molecule has 146 valence electrons. The van der Waals surface area contributed by atoms with Crippen LogP contribution in [-0.4, -0.2) is 27.6 Å². The molecule has 0 spiro atoms. The predicted octanol–water partition coefficient (Wildman–Crippen LogP) is 4.96. The Labute approximate surface area is 159 Å². The van der Waals surface area contributed by atoms with Crippen molar-refractivity contribution >= 4 is 31.1 Å². The molecule has 0 saturated carbocycles. The second-order valence-corrected chi connectivity index (χ2v) is 7.57. The minimum absolute atomic E-state index is 0.266. The maximum Gasteiger partial charge on any atom is 0.508 e. The molecule has 0 amide bonds. The summed E-state index contributed by atoms with van der Waals surface area (Å²) in [6, 6.07) is 4.89. The minimum Gasteiger partial charge on any atom is -0.495 e. The Morgan fingerprint density at radius 3 is 2.70 bits per heavy atom. The number of benzene rings is 1. The highest BCUT2D eigenvalue weighted by Crippen LogP contribution is 2.37. The van der Waals surface area contributed by atoms with Crippen LogP contribution in [0.2, 0.25) is 5.28 Å². The van der Waals surface area contributed by atoms with E-state index in [1.165, 1.54) is 7.11 Å². The molecular formula is C16H17ClF3N3O3P+. The van der Waals surface area contributed by atoms with Crippen molar-refractivity contribution in [2.45, 2.75) is 31.6 Å². The summed E-state index contributed by atoms with van der Waals surface area (Å²) in [6.07, 6.45) is -3.04. The molecule has 1 heterocycles. The van der Waals surface area contributed by atoms with Gasteiger partial charge >= 0.3 is 14.2 Å². The number of ether oxygens (including phenoxy) is 1. The maximum absolute atomic E-state index is 13.1. The van der Waals surface area contributed by atoms with Gasteiger partial charge in [0, 0.05) is 12.6 Å². The van der Waals surface area contributed by atoms with Crippen molar-refractivity contribution in [2.75, 3.05) is 12.4 Å². The highest BCUT2D eigenvalue weighted by atomic mass is 35.5. The van der Waals surface area contributed by atoms with E-state index in [4.69, 9.17) is 21.2 Å². The SMILES string of the molecule is COc1cc(CCC(C)[P+](=O)O)ccc1Nc1nc(Cl)ncc1C(F)(F)F. The first-order valence-electron chi connectivity index (χ1n) is 7.80. The highest BCUT2D eigenvalue weighted by molar-refractivity contribution is 7.38. The van der Waals surface area contributed by atoms with Crippen LogP contribution >= 0.6 is 19.6 Å². The van der Waals surface area contributed by atoms with E-state index >= 15 is 0 Å². The van der Waals surface area contributed by atoms with Crippen molar-refractivity contribution in [1.29, 1.82) is 0 Å². The fourth-order valence-electron chi connectivity index (χ4n) is 2.27. The van der Waals surface area contributed by atoms with Crippen LogP contribution in [0.3, 0.4) is 0 Å². The van der Waals surface area contributed by atoms with Crippen molar-refractivity contribution in [1.82, 2.24) is 9.97 Å². The standard InChI is InChI=1S/C16H16ClF3N3O3P/c1-9(27(24)25)3-4-10-5-6-12(13(7-10)26-2)22-14-11(16(18,19)20)8-21-15(17)23-14/h5-9H,3-4H2,1-2H3,(H-,21,22,23,24,25)/p+1. The van der Waals surface area contributed by atoms with Crippen molar-refractivity contribution in [3.63, 3.8) is 0 Å². The Bertz CT molecular complexity index is 836. The molecule has 0 aliphatic heterocycles. The van der Waals surface area contributed by atoms with Crippen LogP contribution in [0.15, 0.2) is 24.4 Å². The second kappa shape index (κ2) is 8.82. The lowest BCUT2D eigenvalue weighted by atomic mass is 10.1. The monoisotopic (exact) mass is 422 g/mol. The molecule has 2 atom stereocenters. The summed E-state index contributed by atoms with van der Waals surface area (Å²) in [7, 11) is -0.870. The van der Waals surface area contributed by atoms with Gasteiger partial charge in [-0.1, -0.05) is 6.07 Å². The number of methoxy groups -OCH3 is 1. The molecular weight excluding hydrogens is 406 g/mol. The predicted molar refractivity (Wildman–Crippen MR) is 95.9 cm³/mol. The number of alkyl halides is 3. The lowest BCUT2D eigenvalue weighted by Crippen LogP contribution is -2.11. The van der Waals surface area contributed by atoms with Crippen LogP contribution in [0.4, 0.5) is 24.7 Å². The third-order valence-corrected chi connectivity index (χ3v) is 5.01. The Kier molecular flexibility index (Phi) is 6.97. The van der Waals surface area contributed by atoms with Gasteiger partial charge in [-0.3, -0.25) is 0 Å². The molecule has 0 aliphatic rings. The summed E-state index contributed by atoms with van der Waals surface area (Å²) in [5.74, 6) is -0.184. The van der Waals surface area contributed by atoms with Crippen molar-refractivity contribution < 1.29 is 27.4 Å². The van der Waals surface area contributed by atoms with E-state index in [2.05, 4.69) is 15.3 Å². The van der Waals surface area contributed by atoms with Gasteiger partial charge in [-0.25, -0.2) is 4.98 Å². The lowest BCUT2D eigenvalue weighted by Gasteiger charge is -2.16. The second-order valence-electron chi connectivity index (χ2n) is 5.75. The van der Waals surface area contributed by atoms with Gasteiger partial charge in [0.2, 0.25) is 5.28 Å². The number of hydrogen-bond acceptors (Lipinski definition) is 5. The van der Waals surface area contributed by atoms with Crippen LogP contribution < -0.4 is 10.1 Å². The van der Waals surface area contributed by atoms with E-state index in [-0.39, 0.29) is 16.6 Å². The van der Waals surface area contributed by atoms with Gasteiger partial charge in [0.25, 0.3) is 0 Å². The summed E-state index contributed by atoms with van der Waals surface area (Å²) >= 11 is 5.62. The van der Waals surface area contributed by atoms with Crippen LogP contribution in [0, 0.1) is 0 Å². The molecule has 0 saturated heterocycles.